The van der Waals surface area contributed by atoms with Gasteiger partial charge in [-0.1, -0.05) is 18.2 Å². The average Bonchev–Trinajstić information content (AvgIpc) is 2.69. The fourth-order valence-electron chi connectivity index (χ4n) is 1.97. The molecule has 0 spiro atoms. The third-order valence-corrected chi connectivity index (χ3v) is 4.93. The van der Waals surface area contributed by atoms with Gasteiger partial charge in [0.2, 0.25) is 0 Å². The highest BCUT2D eigenvalue weighted by Crippen LogP contribution is 2.37. The van der Waals surface area contributed by atoms with Gasteiger partial charge >= 0.3 is 0 Å². The maximum Gasteiger partial charge on any atom is 0.0376 e. The Morgan fingerprint density at radius 3 is 2.94 bits per heavy atom. The Hall–Kier alpha value is -0.180. The van der Waals surface area contributed by atoms with Crippen molar-refractivity contribution in [1.29, 1.82) is 0 Å². The Bertz CT molecular complexity index is 331. The van der Waals surface area contributed by atoms with E-state index in [0.717, 1.165) is 6.54 Å². The molecule has 0 amide bonds. The monoisotopic (exact) mass is 255 g/mol. The van der Waals surface area contributed by atoms with E-state index in [9.17, 15) is 0 Å². The van der Waals surface area contributed by atoms with Crippen molar-refractivity contribution in [2.24, 2.45) is 0 Å². The van der Waals surface area contributed by atoms with Gasteiger partial charge in [0.05, 0.1) is 0 Å². The number of hydrogen-bond donors (Lipinski definition) is 0. The van der Waals surface area contributed by atoms with E-state index in [1.54, 1.807) is 0 Å². The molecular formula is C13H18ClNS. The zero-order valence-corrected chi connectivity index (χ0v) is 11.4. The Balaban J connectivity index is 1.92. The van der Waals surface area contributed by atoms with Crippen LogP contribution in [0, 0.1) is 0 Å². The summed E-state index contributed by atoms with van der Waals surface area (Å²) >= 11 is 7.88. The summed E-state index contributed by atoms with van der Waals surface area (Å²) in [6.07, 6.45) is 1.19. The summed E-state index contributed by atoms with van der Waals surface area (Å²) in [5.74, 6) is 0.709. The minimum absolute atomic E-state index is 0.464. The predicted octanol–water partition coefficient (Wildman–Crippen LogP) is 3.26. The number of thioether (sulfide) groups is 1. The summed E-state index contributed by atoms with van der Waals surface area (Å²) in [6.45, 7) is 3.30. The second-order valence-electron chi connectivity index (χ2n) is 4.49. The Morgan fingerprint density at radius 1 is 1.50 bits per heavy atom. The molecule has 1 aromatic rings. The molecule has 88 valence electrons. The fraction of sp³-hybridized carbons (Fsp3) is 0.538. The topological polar surface area (TPSA) is 3.24 Å². The third kappa shape index (κ3) is 2.73. The van der Waals surface area contributed by atoms with Crippen molar-refractivity contribution in [1.82, 2.24) is 4.90 Å². The predicted molar refractivity (Wildman–Crippen MR) is 72.6 cm³/mol. The number of hydrogen-bond acceptors (Lipinski definition) is 2. The summed E-state index contributed by atoms with van der Waals surface area (Å²) in [7, 11) is 2.16. The zero-order valence-electron chi connectivity index (χ0n) is 9.82. The van der Waals surface area contributed by atoms with Gasteiger partial charge in [-0.3, -0.25) is 0 Å². The first-order valence-corrected chi connectivity index (χ1v) is 7.13. The molecule has 2 rings (SSSR count). The van der Waals surface area contributed by atoms with Gasteiger partial charge < -0.3 is 4.90 Å². The van der Waals surface area contributed by atoms with E-state index in [2.05, 4.69) is 43.1 Å². The molecule has 0 aromatic heterocycles. The molecule has 0 N–H and O–H groups in total. The quantitative estimate of drug-likeness (QED) is 0.760. The molecule has 1 aliphatic heterocycles. The Morgan fingerprint density at radius 2 is 2.25 bits per heavy atom. The van der Waals surface area contributed by atoms with Gasteiger partial charge in [0, 0.05) is 28.6 Å². The van der Waals surface area contributed by atoms with Crippen molar-refractivity contribution in [3.63, 3.8) is 0 Å². The minimum atomic E-state index is 0.464. The second-order valence-corrected chi connectivity index (χ2v) is 6.15. The van der Waals surface area contributed by atoms with Gasteiger partial charge in [0.1, 0.15) is 0 Å². The lowest BCUT2D eigenvalue weighted by atomic mass is 10.1. The van der Waals surface area contributed by atoms with Crippen LogP contribution in [0.2, 0.25) is 0 Å². The lowest BCUT2D eigenvalue weighted by Gasteiger charge is -2.25. The average molecular weight is 256 g/mol. The molecule has 0 saturated heterocycles. The molecule has 0 radical (unpaired) electrons. The van der Waals surface area contributed by atoms with E-state index in [0.29, 0.717) is 17.2 Å². The maximum absolute atomic E-state index is 5.87. The highest BCUT2D eigenvalue weighted by molar-refractivity contribution is 8.00. The highest BCUT2D eigenvalue weighted by Gasteiger charge is 2.23. The van der Waals surface area contributed by atoms with E-state index in [4.69, 9.17) is 11.6 Å². The van der Waals surface area contributed by atoms with Crippen LogP contribution in [-0.2, 0) is 6.42 Å². The molecule has 1 heterocycles. The van der Waals surface area contributed by atoms with Crippen molar-refractivity contribution in [3.05, 3.63) is 29.8 Å². The van der Waals surface area contributed by atoms with E-state index in [-0.39, 0.29) is 0 Å². The van der Waals surface area contributed by atoms with Gasteiger partial charge in [0.15, 0.2) is 0 Å². The summed E-state index contributed by atoms with van der Waals surface area (Å²) in [5.41, 5.74) is 1.50. The van der Waals surface area contributed by atoms with Crippen molar-refractivity contribution >= 4 is 23.4 Å². The standard InChI is InChI=1S/C13H18ClNS/c1-10(8-14)15(2)9-12-7-11-5-3-4-6-13(11)16-12/h3-6,10,12H,7-9H2,1-2H3. The molecule has 1 nitrogen and oxygen atoms in total. The van der Waals surface area contributed by atoms with Gasteiger partial charge in [-0.05, 0) is 32.0 Å². The molecule has 2 atom stereocenters. The second kappa shape index (κ2) is 5.44. The fourth-order valence-corrected chi connectivity index (χ4v) is 3.60. The first kappa shape index (κ1) is 12.3. The van der Waals surface area contributed by atoms with Crippen LogP contribution >= 0.6 is 23.4 Å². The molecular weight excluding hydrogens is 238 g/mol. The van der Waals surface area contributed by atoms with Gasteiger partial charge in [-0.2, -0.15) is 0 Å². The Kier molecular flexibility index (Phi) is 4.17. The molecule has 2 unspecified atom stereocenters. The molecule has 3 heteroatoms. The molecule has 0 bridgehead atoms. The zero-order chi connectivity index (χ0) is 11.5. The number of halogens is 1. The number of benzene rings is 1. The third-order valence-electron chi connectivity index (χ3n) is 3.18. The van der Waals surface area contributed by atoms with Crippen LogP contribution in [0.1, 0.15) is 12.5 Å². The number of nitrogens with zero attached hydrogens (tertiary/aromatic N) is 1. The molecule has 0 saturated carbocycles. The smallest absolute Gasteiger partial charge is 0.0376 e. The highest BCUT2D eigenvalue weighted by atomic mass is 35.5. The van der Waals surface area contributed by atoms with E-state index < -0.39 is 0 Å². The number of alkyl halides is 1. The molecule has 0 fully saturated rings. The number of rotatable bonds is 4. The van der Waals surface area contributed by atoms with Crippen LogP contribution in [0.25, 0.3) is 0 Å². The summed E-state index contributed by atoms with van der Waals surface area (Å²) < 4.78 is 0. The van der Waals surface area contributed by atoms with Gasteiger partial charge in [-0.15, -0.1) is 23.4 Å². The summed E-state index contributed by atoms with van der Waals surface area (Å²) in [5, 5.41) is 0.688. The van der Waals surface area contributed by atoms with Crippen LogP contribution in [0.3, 0.4) is 0 Å². The SMILES string of the molecule is CC(CCl)N(C)CC1Cc2ccccc2S1. The van der Waals surface area contributed by atoms with E-state index in [1.165, 1.54) is 16.9 Å². The Labute approximate surface area is 107 Å². The lowest BCUT2D eigenvalue weighted by Crippen LogP contribution is -2.35. The first-order valence-electron chi connectivity index (χ1n) is 5.71. The van der Waals surface area contributed by atoms with Crippen LogP contribution < -0.4 is 0 Å². The van der Waals surface area contributed by atoms with Crippen LogP contribution in [0.4, 0.5) is 0 Å². The van der Waals surface area contributed by atoms with Crippen molar-refractivity contribution < 1.29 is 0 Å². The largest absolute Gasteiger partial charge is 0.301 e. The number of fused-ring (bicyclic) bond motifs is 1. The molecule has 1 aliphatic rings. The van der Waals surface area contributed by atoms with Gasteiger partial charge in [-0.25, -0.2) is 0 Å². The normalized spacial score (nSPS) is 21.1. The van der Waals surface area contributed by atoms with E-state index >= 15 is 0 Å². The first-order chi connectivity index (χ1) is 7.70. The summed E-state index contributed by atoms with van der Waals surface area (Å²) in [6, 6.07) is 9.19. The van der Waals surface area contributed by atoms with Crippen LogP contribution in [0.5, 0.6) is 0 Å². The summed E-state index contributed by atoms with van der Waals surface area (Å²) in [4.78, 5) is 3.82. The minimum Gasteiger partial charge on any atom is -0.301 e. The van der Waals surface area contributed by atoms with Crippen molar-refractivity contribution in [2.75, 3.05) is 19.5 Å². The maximum atomic E-state index is 5.87. The van der Waals surface area contributed by atoms with E-state index in [1.807, 2.05) is 11.8 Å². The molecule has 0 aliphatic carbocycles. The van der Waals surface area contributed by atoms with Crippen molar-refractivity contribution in [3.8, 4) is 0 Å². The van der Waals surface area contributed by atoms with Crippen LogP contribution in [-0.4, -0.2) is 35.7 Å². The van der Waals surface area contributed by atoms with Gasteiger partial charge in [0.25, 0.3) is 0 Å². The van der Waals surface area contributed by atoms with Crippen molar-refractivity contribution in [2.45, 2.75) is 29.5 Å². The van der Waals surface area contributed by atoms with Crippen LogP contribution in [0.15, 0.2) is 29.2 Å². The molecule has 16 heavy (non-hydrogen) atoms. The molecule has 1 aromatic carbocycles. The lowest BCUT2D eigenvalue weighted by molar-refractivity contribution is 0.278.